The van der Waals surface area contributed by atoms with E-state index in [1.165, 1.54) is 19.1 Å². The van der Waals surface area contributed by atoms with E-state index < -0.39 is 126 Å². The zero-order chi connectivity index (χ0) is 51.5. The Hall–Kier alpha value is -6.73. The van der Waals surface area contributed by atoms with Crippen molar-refractivity contribution in [1.82, 2.24) is 37.2 Å². The number of aromatic hydroxyl groups is 1. The largest absolute Gasteiger partial charge is 0.508 e. The van der Waals surface area contributed by atoms with E-state index in [9.17, 15) is 48.3 Å². The summed E-state index contributed by atoms with van der Waals surface area (Å²) in [5.74, 6) is -7.52. The summed E-state index contributed by atoms with van der Waals surface area (Å²) in [5.41, 5.74) is -0.724. The number of carbonyl (C=O) groups is 9. The minimum atomic E-state index is -1.66. The predicted molar refractivity (Wildman–Crippen MR) is 250 cm³/mol. The lowest BCUT2D eigenvalue weighted by Crippen LogP contribution is -2.61. The van der Waals surface area contributed by atoms with E-state index in [-0.39, 0.29) is 25.2 Å². The third kappa shape index (κ3) is 21.3. The number of carbonyl (C=O) groups excluding carboxylic acids is 9. The molecule has 0 aromatic heterocycles. The van der Waals surface area contributed by atoms with Gasteiger partial charge in [0.05, 0.1) is 13.0 Å². The zero-order valence-corrected chi connectivity index (χ0v) is 41.2. The topological polar surface area (TPSA) is 286 Å². The molecule has 0 bridgehead atoms. The fraction of sp³-hybridized carbons (Fsp3) is 0.562. The number of hydrogen-bond donors (Lipinski definition) is 8. The maximum Gasteiger partial charge on any atom is 0.408 e. The van der Waals surface area contributed by atoms with E-state index in [1.807, 2.05) is 0 Å². The molecule has 0 fully saturated rings. The second-order valence-electron chi connectivity index (χ2n) is 18.9. The van der Waals surface area contributed by atoms with Crippen molar-refractivity contribution in [2.45, 2.75) is 150 Å². The minimum absolute atomic E-state index is 0.0123. The number of ether oxygens (including phenoxy) is 3. The second-order valence-corrected chi connectivity index (χ2v) is 18.9. The number of hydrogen-bond acceptors (Lipinski definition) is 13. The Bertz CT molecular complexity index is 2050. The van der Waals surface area contributed by atoms with E-state index in [0.717, 1.165) is 0 Å². The van der Waals surface area contributed by atoms with E-state index in [4.69, 9.17) is 14.2 Å². The van der Waals surface area contributed by atoms with Crippen LogP contribution in [0.2, 0.25) is 0 Å². The molecule has 376 valence electrons. The van der Waals surface area contributed by atoms with E-state index in [1.54, 1.807) is 119 Å². The van der Waals surface area contributed by atoms with Gasteiger partial charge in [0, 0.05) is 12.8 Å². The van der Waals surface area contributed by atoms with Crippen LogP contribution in [0.3, 0.4) is 0 Å². The smallest absolute Gasteiger partial charge is 0.408 e. The van der Waals surface area contributed by atoms with Crippen LogP contribution in [0, 0.1) is 11.8 Å². The molecule has 68 heavy (non-hydrogen) atoms. The van der Waals surface area contributed by atoms with Crippen LogP contribution in [-0.4, -0.2) is 119 Å². The van der Waals surface area contributed by atoms with Crippen molar-refractivity contribution >= 4 is 53.5 Å². The van der Waals surface area contributed by atoms with Gasteiger partial charge in [0.2, 0.25) is 35.4 Å². The van der Waals surface area contributed by atoms with Crippen molar-refractivity contribution in [3.63, 3.8) is 0 Å². The number of phenols is 1. The minimum Gasteiger partial charge on any atom is -0.508 e. The fourth-order valence-corrected chi connectivity index (χ4v) is 6.34. The Labute approximate surface area is 398 Å². The Balaban J connectivity index is 2.42. The first kappa shape index (κ1) is 57.4. The van der Waals surface area contributed by atoms with Gasteiger partial charge in [-0.1, -0.05) is 70.2 Å². The highest BCUT2D eigenvalue weighted by Crippen LogP contribution is 2.15. The van der Waals surface area contributed by atoms with Gasteiger partial charge in [0.1, 0.15) is 59.7 Å². The van der Waals surface area contributed by atoms with Crippen LogP contribution in [0.4, 0.5) is 4.79 Å². The summed E-state index contributed by atoms with van der Waals surface area (Å²) >= 11 is 0. The number of amides is 7. The highest BCUT2D eigenvalue weighted by Gasteiger charge is 2.36. The third-order valence-electron chi connectivity index (χ3n) is 9.68. The van der Waals surface area contributed by atoms with Gasteiger partial charge in [0.15, 0.2) is 0 Å². The van der Waals surface area contributed by atoms with Gasteiger partial charge < -0.3 is 56.5 Å². The maximum absolute atomic E-state index is 14.3. The summed E-state index contributed by atoms with van der Waals surface area (Å²) in [6.07, 6.45) is -1.76. The van der Waals surface area contributed by atoms with Crippen molar-refractivity contribution in [2.24, 2.45) is 11.8 Å². The molecular weight excluding hydrogens is 883 g/mol. The zero-order valence-electron chi connectivity index (χ0n) is 41.2. The van der Waals surface area contributed by atoms with E-state index >= 15 is 0 Å². The summed E-state index contributed by atoms with van der Waals surface area (Å²) in [5, 5.41) is 27.7. The molecule has 0 radical (unpaired) electrons. The van der Waals surface area contributed by atoms with Crippen molar-refractivity contribution in [1.29, 1.82) is 0 Å². The van der Waals surface area contributed by atoms with Crippen molar-refractivity contribution in [2.75, 3.05) is 13.2 Å². The molecule has 2 rings (SSSR count). The van der Waals surface area contributed by atoms with Crippen molar-refractivity contribution < 1.29 is 62.5 Å². The molecule has 0 spiro atoms. The number of alkyl carbamates (subject to hydrolysis) is 1. The number of phenolic OH excluding ortho intramolecular Hbond substituents is 1. The van der Waals surface area contributed by atoms with Gasteiger partial charge in [0.25, 0.3) is 0 Å². The average Bonchev–Trinajstić information content (AvgIpc) is 3.22. The molecule has 2 aromatic carbocycles. The molecular formula is C48H71N7O13. The monoisotopic (exact) mass is 954 g/mol. The molecule has 8 N–H and O–H groups in total. The SMILES string of the molecule is CCOC(=O)CNC(=O)[C@@H](NC(=O)[C@@H](NC(=O)[C@H](CC(=O)OC(C)(C)C)NC(=O)[C@H](Cc1ccccc1)NC(=O)[C@@H](C)NC(=O)[C@H](Cc1ccc(O)cc1)NC(=O)OC(C)(C)C)C(C)C)C(C)C. The Kier molecular flexibility index (Phi) is 22.4. The van der Waals surface area contributed by atoms with Crippen LogP contribution in [-0.2, 0) is 65.4 Å². The average molecular weight is 954 g/mol. The molecule has 0 heterocycles. The number of rotatable bonds is 23. The van der Waals surface area contributed by atoms with Crippen LogP contribution in [0.1, 0.15) is 101 Å². The first-order chi connectivity index (χ1) is 31.6. The van der Waals surface area contributed by atoms with Gasteiger partial charge in [-0.2, -0.15) is 0 Å². The Morgan fingerprint density at radius 2 is 1.00 bits per heavy atom. The molecule has 0 aliphatic rings. The molecule has 0 unspecified atom stereocenters. The van der Waals surface area contributed by atoms with Gasteiger partial charge >= 0.3 is 18.0 Å². The summed E-state index contributed by atoms with van der Waals surface area (Å²) in [4.78, 5) is 121. The van der Waals surface area contributed by atoms with Crippen molar-refractivity contribution in [3.05, 3.63) is 65.7 Å². The summed E-state index contributed by atoms with van der Waals surface area (Å²) in [7, 11) is 0. The standard InChI is InChI=1S/C48H71N7O13/c1-13-66-37(58)26-49-44(63)38(27(2)3)55-45(64)39(28(4)5)54-43(62)35(25-36(57)67-47(7,8)9)52-42(61)33(23-30-17-15-14-16-18-30)51-40(59)29(6)50-41(60)34(53-46(65)68-48(10,11)12)24-31-19-21-32(56)22-20-31/h14-22,27-29,33-35,38-39,56H,13,23-26H2,1-12H3,(H,49,63)(H,50,60)(H,51,59)(H,52,61)(H,53,65)(H,54,62)(H,55,64)/t29-,33+,34+,35+,38+,39+/m1/s1. The first-order valence-electron chi connectivity index (χ1n) is 22.6. The summed E-state index contributed by atoms with van der Waals surface area (Å²) in [6, 6.07) is 6.47. The Morgan fingerprint density at radius 1 is 0.529 bits per heavy atom. The molecule has 0 saturated carbocycles. The molecule has 20 heteroatoms. The molecule has 0 aliphatic heterocycles. The predicted octanol–water partition coefficient (Wildman–Crippen LogP) is 2.24. The van der Waals surface area contributed by atoms with Gasteiger partial charge in [-0.05, 0) is 90.5 Å². The van der Waals surface area contributed by atoms with E-state index in [2.05, 4.69) is 37.2 Å². The molecule has 2 aromatic rings. The lowest BCUT2D eigenvalue weighted by atomic mass is 9.99. The van der Waals surface area contributed by atoms with Crippen LogP contribution in [0.25, 0.3) is 0 Å². The molecule has 20 nitrogen and oxygen atoms in total. The Morgan fingerprint density at radius 3 is 1.53 bits per heavy atom. The molecule has 0 saturated heterocycles. The highest BCUT2D eigenvalue weighted by molar-refractivity contribution is 5.98. The normalized spacial score (nSPS) is 14.1. The number of benzene rings is 2. The van der Waals surface area contributed by atoms with Gasteiger partial charge in [-0.25, -0.2) is 4.79 Å². The fourth-order valence-electron chi connectivity index (χ4n) is 6.34. The van der Waals surface area contributed by atoms with Gasteiger partial charge in [-0.15, -0.1) is 0 Å². The van der Waals surface area contributed by atoms with Crippen molar-refractivity contribution in [3.8, 4) is 5.75 Å². The molecule has 6 atom stereocenters. The maximum atomic E-state index is 14.3. The first-order valence-corrected chi connectivity index (χ1v) is 22.6. The lowest BCUT2D eigenvalue weighted by Gasteiger charge is -2.29. The number of esters is 2. The molecule has 0 aliphatic carbocycles. The van der Waals surface area contributed by atoms with Crippen LogP contribution < -0.4 is 37.2 Å². The second kappa shape index (κ2) is 26.6. The lowest BCUT2D eigenvalue weighted by molar-refractivity contribution is -0.156. The number of nitrogens with one attached hydrogen (secondary N) is 7. The highest BCUT2D eigenvalue weighted by atomic mass is 16.6. The quantitative estimate of drug-likeness (QED) is 0.0587. The summed E-state index contributed by atoms with van der Waals surface area (Å²) < 4.78 is 15.7. The van der Waals surface area contributed by atoms with E-state index in [0.29, 0.717) is 11.1 Å². The van der Waals surface area contributed by atoms with Crippen LogP contribution in [0.15, 0.2) is 54.6 Å². The summed E-state index contributed by atoms with van der Waals surface area (Å²) in [6.45, 7) is 19.0. The third-order valence-corrected chi connectivity index (χ3v) is 9.68. The van der Waals surface area contributed by atoms with Crippen LogP contribution in [0.5, 0.6) is 5.75 Å². The van der Waals surface area contributed by atoms with Gasteiger partial charge in [-0.3, -0.25) is 38.4 Å². The molecule has 7 amide bonds. The van der Waals surface area contributed by atoms with Crippen LogP contribution >= 0.6 is 0 Å².